The molecule has 0 aliphatic rings. The molecule has 0 aliphatic carbocycles. The molecule has 0 aromatic rings. The molecular formula is C10H19N3OS. The first-order valence-corrected chi connectivity index (χ1v) is 6.54. The highest BCUT2D eigenvalue weighted by Crippen LogP contribution is 1.97. The molecule has 0 unspecified atom stereocenters. The Kier molecular flexibility index (Phi) is 10.8. The highest BCUT2D eigenvalue weighted by molar-refractivity contribution is 7.98. The van der Waals surface area contributed by atoms with Gasteiger partial charge < -0.3 is 10.6 Å². The van der Waals surface area contributed by atoms with E-state index in [0.29, 0.717) is 19.5 Å². The fourth-order valence-corrected chi connectivity index (χ4v) is 1.51. The van der Waals surface area contributed by atoms with Gasteiger partial charge in [0, 0.05) is 6.54 Å². The van der Waals surface area contributed by atoms with Crippen LogP contribution in [0, 0.1) is 11.3 Å². The van der Waals surface area contributed by atoms with Gasteiger partial charge >= 0.3 is 0 Å². The van der Waals surface area contributed by atoms with Crippen molar-refractivity contribution in [2.75, 3.05) is 31.6 Å². The van der Waals surface area contributed by atoms with Crippen LogP contribution in [0.2, 0.25) is 0 Å². The molecule has 0 aromatic carbocycles. The van der Waals surface area contributed by atoms with Crippen molar-refractivity contribution >= 4 is 17.7 Å². The summed E-state index contributed by atoms with van der Waals surface area (Å²) in [5.41, 5.74) is 0. The smallest absolute Gasteiger partial charge is 0.233 e. The molecule has 0 heterocycles. The Morgan fingerprint density at radius 3 is 2.87 bits per heavy atom. The number of unbranched alkanes of at least 4 members (excludes halogenated alkanes) is 1. The molecule has 0 saturated carbocycles. The van der Waals surface area contributed by atoms with Gasteiger partial charge in [0.2, 0.25) is 5.91 Å². The highest BCUT2D eigenvalue weighted by atomic mass is 32.2. The van der Waals surface area contributed by atoms with E-state index in [-0.39, 0.29) is 5.91 Å². The Bertz CT molecular complexity index is 203. The van der Waals surface area contributed by atoms with Crippen LogP contribution < -0.4 is 10.6 Å². The number of hydrogen-bond donors (Lipinski definition) is 2. The van der Waals surface area contributed by atoms with E-state index in [1.807, 2.05) is 17.8 Å². The average molecular weight is 229 g/mol. The van der Waals surface area contributed by atoms with Crippen molar-refractivity contribution in [2.45, 2.75) is 19.3 Å². The summed E-state index contributed by atoms with van der Waals surface area (Å²) in [7, 11) is 0. The standard InChI is InChI=1S/C10H19N3OS/c1-15-8-3-2-6-12-9-10(14)13-7-4-5-11/h12H,2-4,6-9H2,1H3,(H,13,14). The maximum Gasteiger partial charge on any atom is 0.233 e. The average Bonchev–Trinajstić information content (AvgIpc) is 2.23. The molecule has 1 amide bonds. The second-order valence-electron chi connectivity index (χ2n) is 3.13. The van der Waals surface area contributed by atoms with Crippen LogP contribution in [-0.4, -0.2) is 37.6 Å². The number of carbonyl (C=O) groups excluding carboxylic acids is 1. The second-order valence-corrected chi connectivity index (χ2v) is 4.12. The normalized spacial score (nSPS) is 9.60. The van der Waals surface area contributed by atoms with Crippen LogP contribution in [0.15, 0.2) is 0 Å². The minimum absolute atomic E-state index is 0.0323. The van der Waals surface area contributed by atoms with E-state index in [1.54, 1.807) is 0 Å². The number of nitrogens with one attached hydrogen (secondary N) is 2. The van der Waals surface area contributed by atoms with Crippen LogP contribution in [0.25, 0.3) is 0 Å². The predicted octanol–water partition coefficient (Wildman–Crippen LogP) is 0.749. The highest BCUT2D eigenvalue weighted by Gasteiger charge is 1.98. The van der Waals surface area contributed by atoms with Crippen molar-refractivity contribution in [1.82, 2.24) is 10.6 Å². The largest absolute Gasteiger partial charge is 0.354 e. The summed E-state index contributed by atoms with van der Waals surface area (Å²) in [6.45, 7) is 1.68. The number of amides is 1. The van der Waals surface area contributed by atoms with E-state index in [0.717, 1.165) is 13.0 Å². The lowest BCUT2D eigenvalue weighted by Crippen LogP contribution is -2.34. The SMILES string of the molecule is CSCCCCNCC(=O)NCCC#N. The Morgan fingerprint density at radius 2 is 2.20 bits per heavy atom. The molecule has 0 aromatic heterocycles. The quantitative estimate of drug-likeness (QED) is 0.573. The summed E-state index contributed by atoms with van der Waals surface area (Å²) in [6, 6.07) is 1.98. The molecule has 0 saturated heterocycles. The Labute approximate surface area is 95.8 Å². The summed E-state index contributed by atoms with van der Waals surface area (Å²) in [6.07, 6.45) is 4.76. The minimum Gasteiger partial charge on any atom is -0.354 e. The second kappa shape index (κ2) is 11.3. The van der Waals surface area contributed by atoms with Gasteiger partial charge in [0.25, 0.3) is 0 Å². The molecule has 2 N–H and O–H groups in total. The summed E-state index contributed by atoms with van der Waals surface area (Å²) in [5.74, 6) is 1.14. The molecular weight excluding hydrogens is 210 g/mol. The molecule has 5 heteroatoms. The van der Waals surface area contributed by atoms with Gasteiger partial charge in [-0.25, -0.2) is 0 Å². The Morgan fingerprint density at radius 1 is 1.40 bits per heavy atom. The number of rotatable bonds is 9. The van der Waals surface area contributed by atoms with Crippen molar-refractivity contribution < 1.29 is 4.79 Å². The number of nitrogens with zero attached hydrogens (tertiary/aromatic N) is 1. The van der Waals surface area contributed by atoms with E-state index in [4.69, 9.17) is 5.26 Å². The first kappa shape index (κ1) is 14.3. The third-order valence-corrected chi connectivity index (χ3v) is 2.49. The number of thioether (sulfide) groups is 1. The molecule has 0 radical (unpaired) electrons. The summed E-state index contributed by atoms with van der Waals surface area (Å²) >= 11 is 1.84. The van der Waals surface area contributed by atoms with Crippen LogP contribution in [0.4, 0.5) is 0 Å². The summed E-state index contributed by atoms with van der Waals surface area (Å²) in [5, 5.41) is 14.0. The maximum atomic E-state index is 11.1. The zero-order valence-electron chi connectivity index (χ0n) is 9.21. The molecule has 0 aliphatic heterocycles. The zero-order valence-corrected chi connectivity index (χ0v) is 10.0. The van der Waals surface area contributed by atoms with E-state index in [9.17, 15) is 4.79 Å². The van der Waals surface area contributed by atoms with Crippen molar-refractivity contribution in [2.24, 2.45) is 0 Å². The molecule has 0 atom stereocenters. The van der Waals surface area contributed by atoms with Crippen molar-refractivity contribution in [1.29, 1.82) is 5.26 Å². The number of carbonyl (C=O) groups is 1. The lowest BCUT2D eigenvalue weighted by molar-refractivity contribution is -0.120. The lowest BCUT2D eigenvalue weighted by Gasteiger charge is -2.04. The fraction of sp³-hybridized carbons (Fsp3) is 0.800. The molecule has 0 rings (SSSR count). The molecule has 0 bridgehead atoms. The third-order valence-electron chi connectivity index (χ3n) is 1.80. The summed E-state index contributed by atoms with van der Waals surface area (Å²) < 4.78 is 0. The number of hydrogen-bond acceptors (Lipinski definition) is 4. The lowest BCUT2D eigenvalue weighted by atomic mass is 10.3. The van der Waals surface area contributed by atoms with Crippen LogP contribution in [0.3, 0.4) is 0 Å². The Hall–Kier alpha value is -0.730. The minimum atomic E-state index is -0.0323. The zero-order chi connectivity index (χ0) is 11.4. The van der Waals surface area contributed by atoms with Gasteiger partial charge in [0.1, 0.15) is 0 Å². The van der Waals surface area contributed by atoms with E-state index in [1.165, 1.54) is 12.2 Å². The van der Waals surface area contributed by atoms with E-state index in [2.05, 4.69) is 16.9 Å². The molecule has 15 heavy (non-hydrogen) atoms. The van der Waals surface area contributed by atoms with Gasteiger partial charge in [-0.2, -0.15) is 17.0 Å². The van der Waals surface area contributed by atoms with Crippen LogP contribution in [0.5, 0.6) is 0 Å². The third kappa shape index (κ3) is 11.2. The predicted molar refractivity (Wildman–Crippen MR) is 63.7 cm³/mol. The monoisotopic (exact) mass is 229 g/mol. The molecule has 4 nitrogen and oxygen atoms in total. The van der Waals surface area contributed by atoms with Gasteiger partial charge in [-0.1, -0.05) is 0 Å². The van der Waals surface area contributed by atoms with Gasteiger partial charge in [-0.3, -0.25) is 4.79 Å². The first-order valence-electron chi connectivity index (χ1n) is 5.14. The molecule has 0 fully saturated rings. The van der Waals surface area contributed by atoms with Crippen molar-refractivity contribution in [3.05, 3.63) is 0 Å². The van der Waals surface area contributed by atoms with Gasteiger partial charge in [0.05, 0.1) is 19.0 Å². The van der Waals surface area contributed by atoms with E-state index >= 15 is 0 Å². The molecule has 0 spiro atoms. The van der Waals surface area contributed by atoms with Gasteiger partial charge in [-0.05, 0) is 31.4 Å². The van der Waals surface area contributed by atoms with Crippen LogP contribution in [-0.2, 0) is 4.79 Å². The summed E-state index contributed by atoms with van der Waals surface area (Å²) in [4.78, 5) is 11.1. The van der Waals surface area contributed by atoms with Crippen LogP contribution >= 0.6 is 11.8 Å². The molecule has 86 valence electrons. The number of nitriles is 1. The first-order chi connectivity index (χ1) is 7.31. The van der Waals surface area contributed by atoms with Crippen LogP contribution in [0.1, 0.15) is 19.3 Å². The van der Waals surface area contributed by atoms with Gasteiger partial charge in [0.15, 0.2) is 0 Å². The fourth-order valence-electron chi connectivity index (χ4n) is 1.02. The van der Waals surface area contributed by atoms with Gasteiger partial charge in [-0.15, -0.1) is 0 Å². The maximum absolute atomic E-state index is 11.1. The Balaban J connectivity index is 3.14. The van der Waals surface area contributed by atoms with Crippen molar-refractivity contribution in [3.8, 4) is 6.07 Å². The van der Waals surface area contributed by atoms with Crippen molar-refractivity contribution in [3.63, 3.8) is 0 Å². The van der Waals surface area contributed by atoms with E-state index < -0.39 is 0 Å². The topological polar surface area (TPSA) is 64.9 Å².